The molecule has 2 atom stereocenters. The van der Waals surface area contributed by atoms with Crippen LogP contribution in [0.25, 0.3) is 0 Å². The lowest BCUT2D eigenvalue weighted by atomic mass is 10.1. The van der Waals surface area contributed by atoms with Crippen LogP contribution in [0.2, 0.25) is 0 Å². The van der Waals surface area contributed by atoms with Gasteiger partial charge in [-0.1, -0.05) is 57.6 Å². The van der Waals surface area contributed by atoms with E-state index in [9.17, 15) is 4.79 Å². The van der Waals surface area contributed by atoms with Crippen molar-refractivity contribution in [1.29, 1.82) is 0 Å². The molecule has 4 heteroatoms. The zero-order valence-electron chi connectivity index (χ0n) is 13.9. The van der Waals surface area contributed by atoms with E-state index in [0.717, 1.165) is 44.9 Å². The number of carboxylic acid groups (broad SMARTS) is 1. The molecular weight excluding hydrogens is 319 g/mol. The Balaban J connectivity index is 3.43. The predicted molar refractivity (Wildman–Crippen MR) is 97.1 cm³/mol. The van der Waals surface area contributed by atoms with Gasteiger partial charge in [0.15, 0.2) is 0 Å². The van der Waals surface area contributed by atoms with Gasteiger partial charge in [0.05, 0.1) is 10.8 Å². The highest BCUT2D eigenvalue weighted by molar-refractivity contribution is 6.30. The molecular formula is C18H32Cl2O2. The third kappa shape index (κ3) is 14.7. The Morgan fingerprint density at radius 1 is 0.955 bits per heavy atom. The summed E-state index contributed by atoms with van der Waals surface area (Å²) in [5.41, 5.74) is 0. The topological polar surface area (TPSA) is 37.3 Å². The highest BCUT2D eigenvalue weighted by atomic mass is 35.5. The third-order valence-corrected chi connectivity index (χ3v) is 4.90. The number of unbranched alkanes of at least 4 members (excludes halogenated alkanes) is 7. The largest absolute Gasteiger partial charge is 0.481 e. The molecule has 0 aromatic heterocycles. The Labute approximate surface area is 146 Å². The molecule has 1 N–H and O–H groups in total. The van der Waals surface area contributed by atoms with Crippen molar-refractivity contribution in [2.45, 2.75) is 94.7 Å². The van der Waals surface area contributed by atoms with Crippen molar-refractivity contribution in [1.82, 2.24) is 0 Å². The van der Waals surface area contributed by atoms with Crippen LogP contribution in [-0.4, -0.2) is 21.8 Å². The van der Waals surface area contributed by atoms with E-state index in [2.05, 4.69) is 19.1 Å². The van der Waals surface area contributed by atoms with E-state index in [-0.39, 0.29) is 10.8 Å². The number of carbonyl (C=O) groups is 1. The second-order valence-electron chi connectivity index (χ2n) is 5.94. The Morgan fingerprint density at radius 2 is 1.64 bits per heavy atom. The summed E-state index contributed by atoms with van der Waals surface area (Å²) in [5, 5.41) is 8.64. The molecule has 0 saturated carbocycles. The lowest BCUT2D eigenvalue weighted by Crippen LogP contribution is -2.13. The number of allylic oxidation sites excluding steroid dienone is 2. The molecule has 0 rings (SSSR count). The fraction of sp³-hybridized carbons (Fsp3) is 0.833. The van der Waals surface area contributed by atoms with E-state index < -0.39 is 5.97 Å². The monoisotopic (exact) mass is 350 g/mol. The summed E-state index contributed by atoms with van der Waals surface area (Å²) in [4.78, 5) is 10.4. The van der Waals surface area contributed by atoms with Crippen molar-refractivity contribution in [3.63, 3.8) is 0 Å². The second-order valence-corrected chi connectivity index (χ2v) is 7.06. The molecule has 22 heavy (non-hydrogen) atoms. The average Bonchev–Trinajstić information content (AvgIpc) is 2.48. The fourth-order valence-electron chi connectivity index (χ4n) is 2.33. The summed E-state index contributed by atoms with van der Waals surface area (Å²) >= 11 is 12.6. The zero-order chi connectivity index (χ0) is 16.6. The van der Waals surface area contributed by atoms with Crippen molar-refractivity contribution in [2.24, 2.45) is 0 Å². The van der Waals surface area contributed by atoms with Crippen molar-refractivity contribution in [2.75, 3.05) is 0 Å². The van der Waals surface area contributed by atoms with Gasteiger partial charge in [-0.05, 0) is 32.1 Å². The van der Waals surface area contributed by atoms with Crippen LogP contribution in [0.5, 0.6) is 0 Å². The van der Waals surface area contributed by atoms with Gasteiger partial charge in [0, 0.05) is 6.42 Å². The maximum Gasteiger partial charge on any atom is 0.303 e. The molecule has 2 unspecified atom stereocenters. The normalized spacial score (nSPS) is 14.3. The van der Waals surface area contributed by atoms with Gasteiger partial charge in [-0.3, -0.25) is 4.79 Å². The molecule has 0 heterocycles. The van der Waals surface area contributed by atoms with Gasteiger partial charge in [-0.15, -0.1) is 23.2 Å². The predicted octanol–water partition coefficient (Wildman–Crippen LogP) is 6.54. The summed E-state index contributed by atoms with van der Waals surface area (Å²) < 4.78 is 0. The summed E-state index contributed by atoms with van der Waals surface area (Å²) in [6.45, 7) is 2.19. The minimum Gasteiger partial charge on any atom is -0.481 e. The van der Waals surface area contributed by atoms with Gasteiger partial charge in [0.25, 0.3) is 0 Å². The smallest absolute Gasteiger partial charge is 0.303 e. The number of rotatable bonds is 15. The van der Waals surface area contributed by atoms with E-state index in [4.69, 9.17) is 28.3 Å². The van der Waals surface area contributed by atoms with Crippen LogP contribution in [0.4, 0.5) is 0 Å². The van der Waals surface area contributed by atoms with E-state index >= 15 is 0 Å². The molecule has 0 fully saturated rings. The van der Waals surface area contributed by atoms with E-state index in [1.807, 2.05) is 0 Å². The van der Waals surface area contributed by atoms with Crippen LogP contribution >= 0.6 is 23.2 Å². The first-order valence-corrected chi connectivity index (χ1v) is 9.60. The van der Waals surface area contributed by atoms with Crippen LogP contribution in [0.1, 0.15) is 84.0 Å². The first-order valence-electron chi connectivity index (χ1n) is 8.72. The number of carboxylic acids is 1. The molecule has 0 aliphatic rings. The maximum absolute atomic E-state index is 10.4. The van der Waals surface area contributed by atoms with E-state index in [1.165, 1.54) is 25.7 Å². The van der Waals surface area contributed by atoms with Crippen molar-refractivity contribution in [3.8, 4) is 0 Å². The SMILES string of the molecule is CCCCCC(Cl)C(Cl)C/C=C/CCCCCCCC(=O)O. The number of hydrogen-bond acceptors (Lipinski definition) is 1. The fourth-order valence-corrected chi connectivity index (χ4v) is 2.82. The van der Waals surface area contributed by atoms with Crippen molar-refractivity contribution < 1.29 is 9.90 Å². The standard InChI is InChI=1S/C18H32Cl2O2/c1-2-3-10-13-16(19)17(20)14-11-8-6-4-5-7-9-12-15-18(21)22/h8,11,16-17H,2-7,9-10,12-15H2,1H3,(H,21,22)/b11-8+. The highest BCUT2D eigenvalue weighted by Crippen LogP contribution is 2.20. The molecule has 0 amide bonds. The van der Waals surface area contributed by atoms with E-state index in [0.29, 0.717) is 6.42 Å². The average molecular weight is 351 g/mol. The van der Waals surface area contributed by atoms with Gasteiger partial charge in [-0.2, -0.15) is 0 Å². The molecule has 0 bridgehead atoms. The maximum atomic E-state index is 10.4. The van der Waals surface area contributed by atoms with Gasteiger partial charge in [0.2, 0.25) is 0 Å². The minimum atomic E-state index is -0.689. The van der Waals surface area contributed by atoms with Crippen molar-refractivity contribution >= 4 is 29.2 Å². The molecule has 2 nitrogen and oxygen atoms in total. The van der Waals surface area contributed by atoms with Crippen LogP contribution in [0, 0.1) is 0 Å². The Kier molecular flexibility index (Phi) is 15.5. The minimum absolute atomic E-state index is 0.0331. The number of hydrogen-bond donors (Lipinski definition) is 1. The van der Waals surface area contributed by atoms with Gasteiger partial charge in [0.1, 0.15) is 0 Å². The molecule has 0 aliphatic carbocycles. The van der Waals surface area contributed by atoms with E-state index in [1.54, 1.807) is 0 Å². The van der Waals surface area contributed by atoms with Gasteiger partial charge in [-0.25, -0.2) is 0 Å². The Morgan fingerprint density at radius 3 is 2.32 bits per heavy atom. The molecule has 0 aliphatic heterocycles. The van der Waals surface area contributed by atoms with Crippen LogP contribution in [0.3, 0.4) is 0 Å². The van der Waals surface area contributed by atoms with Crippen molar-refractivity contribution in [3.05, 3.63) is 12.2 Å². The van der Waals surface area contributed by atoms with Gasteiger partial charge >= 0.3 is 5.97 Å². The Bertz CT molecular complexity index is 293. The summed E-state index contributed by atoms with van der Waals surface area (Å²) in [7, 11) is 0. The zero-order valence-corrected chi connectivity index (χ0v) is 15.4. The quantitative estimate of drug-likeness (QED) is 0.206. The Hall–Kier alpha value is -0.210. The third-order valence-electron chi connectivity index (χ3n) is 3.77. The number of halogens is 2. The number of aliphatic carboxylic acids is 1. The van der Waals surface area contributed by atoms with Gasteiger partial charge < -0.3 is 5.11 Å². The molecule has 0 aromatic carbocycles. The molecule has 0 saturated heterocycles. The first-order chi connectivity index (χ1) is 10.6. The second kappa shape index (κ2) is 15.7. The van der Waals surface area contributed by atoms with Crippen LogP contribution in [-0.2, 0) is 4.79 Å². The number of alkyl halides is 2. The molecule has 130 valence electrons. The van der Waals surface area contributed by atoms with Crippen LogP contribution < -0.4 is 0 Å². The lowest BCUT2D eigenvalue weighted by molar-refractivity contribution is -0.137. The lowest BCUT2D eigenvalue weighted by Gasteiger charge is -2.13. The first kappa shape index (κ1) is 21.8. The summed E-state index contributed by atoms with van der Waals surface area (Å²) in [5.74, 6) is -0.689. The molecule has 0 spiro atoms. The summed E-state index contributed by atoms with van der Waals surface area (Å²) in [6, 6.07) is 0. The highest BCUT2D eigenvalue weighted by Gasteiger charge is 2.14. The molecule has 0 aromatic rings. The summed E-state index contributed by atoms with van der Waals surface area (Å²) in [6.07, 6.45) is 16.5. The molecule has 0 radical (unpaired) electrons. The van der Waals surface area contributed by atoms with Crippen LogP contribution in [0.15, 0.2) is 12.2 Å².